The van der Waals surface area contributed by atoms with Crippen LogP contribution in [0.3, 0.4) is 0 Å². The van der Waals surface area contributed by atoms with Crippen molar-refractivity contribution in [3.05, 3.63) is 48.0 Å². The molecule has 0 spiro atoms. The van der Waals surface area contributed by atoms with Crippen molar-refractivity contribution in [3.8, 4) is 5.69 Å². The normalized spacial score (nSPS) is 15.4. The molecule has 27 heavy (non-hydrogen) atoms. The summed E-state index contributed by atoms with van der Waals surface area (Å²) in [5.74, 6) is -0.922. The van der Waals surface area contributed by atoms with Gasteiger partial charge >= 0.3 is 5.97 Å². The van der Waals surface area contributed by atoms with Crippen LogP contribution in [0.5, 0.6) is 0 Å². The van der Waals surface area contributed by atoms with Crippen LogP contribution in [-0.4, -0.2) is 46.7 Å². The Hall–Kier alpha value is -2.91. The van der Waals surface area contributed by atoms with Crippen LogP contribution < -0.4 is 5.73 Å². The second-order valence-corrected chi connectivity index (χ2v) is 8.38. The van der Waals surface area contributed by atoms with Crippen LogP contribution in [0.2, 0.25) is 0 Å². The van der Waals surface area contributed by atoms with Crippen LogP contribution in [0.4, 0.5) is 5.82 Å². The Morgan fingerprint density at radius 1 is 1.11 bits per heavy atom. The Morgan fingerprint density at radius 2 is 1.81 bits per heavy atom. The molecule has 0 saturated carbocycles. The highest BCUT2D eigenvalue weighted by atomic mass is 32.2. The van der Waals surface area contributed by atoms with E-state index in [1.54, 1.807) is 12.1 Å². The van der Waals surface area contributed by atoms with E-state index in [1.807, 2.05) is 12.1 Å². The predicted octanol–water partition coefficient (Wildman–Crippen LogP) is 2.09. The number of carbonyl (C=O) groups is 1. The van der Waals surface area contributed by atoms with E-state index in [4.69, 9.17) is 5.73 Å². The number of nitrogens with two attached hydrogens (primary N) is 1. The molecule has 0 radical (unpaired) electrons. The molecule has 1 fully saturated rings. The molecule has 9 heteroatoms. The smallest absolute Gasteiger partial charge is 0.335 e. The molecule has 0 aliphatic carbocycles. The average molecular weight is 386 g/mol. The number of hydrogen-bond donors (Lipinski definition) is 2. The average Bonchev–Trinajstić information content (AvgIpc) is 3.31. The van der Waals surface area contributed by atoms with E-state index in [1.165, 1.54) is 27.2 Å². The van der Waals surface area contributed by atoms with Crippen LogP contribution in [0.1, 0.15) is 23.2 Å². The van der Waals surface area contributed by atoms with Gasteiger partial charge in [0, 0.05) is 18.5 Å². The van der Waals surface area contributed by atoms with Crippen LogP contribution in [-0.2, 0) is 10.0 Å². The van der Waals surface area contributed by atoms with E-state index in [0.29, 0.717) is 29.7 Å². The van der Waals surface area contributed by atoms with Gasteiger partial charge in [-0.15, -0.1) is 5.10 Å². The van der Waals surface area contributed by atoms with Crippen molar-refractivity contribution in [2.45, 2.75) is 17.7 Å². The Bertz CT molecular complexity index is 1150. The predicted molar refractivity (Wildman–Crippen MR) is 100 cm³/mol. The number of aromatic carboxylic acids is 1. The van der Waals surface area contributed by atoms with Crippen molar-refractivity contribution in [2.75, 3.05) is 18.8 Å². The third-order valence-electron chi connectivity index (χ3n) is 4.70. The number of hydrogen-bond acceptors (Lipinski definition) is 5. The first-order valence-electron chi connectivity index (χ1n) is 8.50. The third-order valence-corrected chi connectivity index (χ3v) is 6.58. The maximum atomic E-state index is 12.9. The molecular weight excluding hydrogens is 368 g/mol. The molecule has 2 aromatic carbocycles. The lowest BCUT2D eigenvalue weighted by atomic mass is 10.2. The molecular formula is C18H18N4O4S. The highest BCUT2D eigenvalue weighted by Crippen LogP contribution is 2.28. The summed E-state index contributed by atoms with van der Waals surface area (Å²) >= 11 is 0. The Labute approximate surface area is 155 Å². The lowest BCUT2D eigenvalue weighted by Gasteiger charge is -2.17. The highest BCUT2D eigenvalue weighted by molar-refractivity contribution is 7.89. The number of aromatic nitrogens is 2. The van der Waals surface area contributed by atoms with Crippen molar-refractivity contribution in [2.24, 2.45) is 0 Å². The Kier molecular flexibility index (Phi) is 4.12. The fourth-order valence-electron chi connectivity index (χ4n) is 3.34. The number of sulfonamides is 1. The molecule has 0 bridgehead atoms. The summed E-state index contributed by atoms with van der Waals surface area (Å²) in [6, 6.07) is 11.3. The summed E-state index contributed by atoms with van der Waals surface area (Å²) < 4.78 is 28.7. The number of nitrogen functional groups attached to an aromatic ring is 1. The molecule has 0 atom stereocenters. The van der Waals surface area contributed by atoms with Crippen molar-refractivity contribution in [3.63, 3.8) is 0 Å². The second-order valence-electron chi connectivity index (χ2n) is 6.45. The molecule has 1 aliphatic heterocycles. The number of fused-ring (bicyclic) bond motifs is 1. The van der Waals surface area contributed by atoms with Crippen molar-refractivity contribution >= 4 is 32.7 Å². The van der Waals surface area contributed by atoms with Gasteiger partial charge < -0.3 is 10.8 Å². The molecule has 0 unspecified atom stereocenters. The zero-order chi connectivity index (χ0) is 19.2. The highest BCUT2D eigenvalue weighted by Gasteiger charge is 2.28. The maximum Gasteiger partial charge on any atom is 0.335 e. The van der Waals surface area contributed by atoms with Crippen LogP contribution in [0.25, 0.3) is 16.6 Å². The van der Waals surface area contributed by atoms with Gasteiger partial charge in [0.1, 0.15) is 0 Å². The summed E-state index contributed by atoms with van der Waals surface area (Å²) in [5, 5.41) is 14.5. The Balaban J connectivity index is 1.93. The molecule has 140 valence electrons. The molecule has 8 nitrogen and oxygen atoms in total. The van der Waals surface area contributed by atoms with Gasteiger partial charge in [-0.25, -0.2) is 17.9 Å². The molecule has 3 N–H and O–H groups in total. The van der Waals surface area contributed by atoms with E-state index in [9.17, 15) is 18.3 Å². The topological polar surface area (TPSA) is 119 Å². The van der Waals surface area contributed by atoms with Crippen molar-refractivity contribution in [1.82, 2.24) is 14.1 Å². The monoisotopic (exact) mass is 386 g/mol. The van der Waals surface area contributed by atoms with Gasteiger partial charge in [0.05, 0.1) is 21.7 Å². The first-order valence-corrected chi connectivity index (χ1v) is 9.94. The van der Waals surface area contributed by atoms with Gasteiger partial charge in [0.15, 0.2) is 5.82 Å². The summed E-state index contributed by atoms with van der Waals surface area (Å²) in [4.78, 5) is 11.5. The minimum Gasteiger partial charge on any atom is -0.478 e. The van der Waals surface area contributed by atoms with Crippen LogP contribution in [0.15, 0.2) is 47.4 Å². The molecule has 1 saturated heterocycles. The van der Waals surface area contributed by atoms with E-state index in [0.717, 1.165) is 12.8 Å². The van der Waals surface area contributed by atoms with Gasteiger partial charge in [-0.3, -0.25) is 0 Å². The van der Waals surface area contributed by atoms with E-state index < -0.39 is 16.0 Å². The van der Waals surface area contributed by atoms with Gasteiger partial charge in [0.25, 0.3) is 0 Å². The fraction of sp³-hybridized carbons (Fsp3) is 0.222. The maximum absolute atomic E-state index is 12.9. The largest absolute Gasteiger partial charge is 0.478 e. The number of rotatable bonds is 4. The minimum atomic E-state index is -3.77. The summed E-state index contributed by atoms with van der Waals surface area (Å²) in [5.41, 5.74) is 6.84. The summed E-state index contributed by atoms with van der Waals surface area (Å²) in [7, 11) is -3.77. The van der Waals surface area contributed by atoms with Gasteiger partial charge in [-0.05, 0) is 43.2 Å². The molecule has 3 aromatic rings. The standard InChI is InChI=1S/C18H18N4O4S/c19-17-15-5-1-2-6-16(15)22(20-17)13-9-12(18(23)24)10-14(11-13)27(25,26)21-7-3-4-8-21/h1-2,5-6,9-11H,3-4,7-8H2,(H2,19,20)(H,23,24). The molecule has 1 aliphatic rings. The van der Waals surface area contributed by atoms with E-state index >= 15 is 0 Å². The zero-order valence-electron chi connectivity index (χ0n) is 14.4. The summed E-state index contributed by atoms with van der Waals surface area (Å²) in [6.07, 6.45) is 1.59. The molecule has 1 aromatic heterocycles. The Morgan fingerprint density at radius 3 is 2.52 bits per heavy atom. The summed E-state index contributed by atoms with van der Waals surface area (Å²) in [6.45, 7) is 0.874. The number of carboxylic acids is 1. The van der Waals surface area contributed by atoms with E-state index in [2.05, 4.69) is 5.10 Å². The number of benzene rings is 2. The van der Waals surface area contributed by atoms with Crippen LogP contribution >= 0.6 is 0 Å². The van der Waals surface area contributed by atoms with Crippen LogP contribution in [0, 0.1) is 0 Å². The fourth-order valence-corrected chi connectivity index (χ4v) is 4.93. The number of anilines is 1. The number of para-hydroxylation sites is 1. The van der Waals surface area contributed by atoms with Gasteiger partial charge in [-0.2, -0.15) is 4.31 Å². The zero-order valence-corrected chi connectivity index (χ0v) is 15.2. The van der Waals surface area contributed by atoms with Crippen molar-refractivity contribution in [1.29, 1.82) is 0 Å². The van der Waals surface area contributed by atoms with E-state index in [-0.39, 0.29) is 16.3 Å². The molecule has 0 amide bonds. The van der Waals surface area contributed by atoms with Gasteiger partial charge in [-0.1, -0.05) is 12.1 Å². The number of carboxylic acid groups (broad SMARTS) is 1. The first-order chi connectivity index (χ1) is 12.9. The number of nitrogens with zero attached hydrogens (tertiary/aromatic N) is 3. The van der Waals surface area contributed by atoms with Crippen molar-refractivity contribution < 1.29 is 18.3 Å². The third kappa shape index (κ3) is 2.94. The second kappa shape index (κ2) is 6.36. The molecule has 4 rings (SSSR count). The quantitative estimate of drug-likeness (QED) is 0.709. The minimum absolute atomic E-state index is 0.0579. The molecule has 2 heterocycles. The first kappa shape index (κ1) is 17.5. The van der Waals surface area contributed by atoms with Gasteiger partial charge in [0.2, 0.25) is 10.0 Å². The lowest BCUT2D eigenvalue weighted by Crippen LogP contribution is -2.28. The lowest BCUT2D eigenvalue weighted by molar-refractivity contribution is 0.0696. The SMILES string of the molecule is Nc1nn(-c2cc(C(=O)O)cc(S(=O)(=O)N3CCCC3)c2)c2ccccc12.